The molecule has 3 rings (SSSR count). The molecule has 1 amide bonds. The van der Waals surface area contributed by atoms with Gasteiger partial charge in [-0.1, -0.05) is 12.1 Å². The Bertz CT molecular complexity index is 955. The van der Waals surface area contributed by atoms with E-state index < -0.39 is 11.2 Å². The van der Waals surface area contributed by atoms with Crippen molar-refractivity contribution in [3.05, 3.63) is 34.3 Å². The average Bonchev–Trinajstić information content (AvgIpc) is 3.25. The number of anilines is 1. The first-order valence-corrected chi connectivity index (χ1v) is 11.8. The van der Waals surface area contributed by atoms with Crippen LogP contribution in [0.5, 0.6) is 0 Å². The summed E-state index contributed by atoms with van der Waals surface area (Å²) < 4.78 is 0. The van der Waals surface area contributed by atoms with Gasteiger partial charge in [-0.3, -0.25) is 20.0 Å². The summed E-state index contributed by atoms with van der Waals surface area (Å²) in [7, 11) is 1.97. The van der Waals surface area contributed by atoms with Crippen molar-refractivity contribution in [1.29, 1.82) is 0 Å². The first-order valence-electron chi connectivity index (χ1n) is 11.0. The van der Waals surface area contributed by atoms with Gasteiger partial charge in [-0.05, 0) is 67.1 Å². The number of thiazole rings is 1. The molecule has 7 nitrogen and oxygen atoms in total. The van der Waals surface area contributed by atoms with Crippen molar-refractivity contribution in [2.45, 2.75) is 78.8 Å². The van der Waals surface area contributed by atoms with Gasteiger partial charge in [0, 0.05) is 16.5 Å². The number of benzene rings is 1. The Morgan fingerprint density at radius 2 is 2.00 bits per heavy atom. The molecule has 0 bridgehead atoms. The molecule has 2 aromatic rings. The Labute approximate surface area is 195 Å². The van der Waals surface area contributed by atoms with Crippen molar-refractivity contribution < 1.29 is 14.7 Å². The van der Waals surface area contributed by atoms with Gasteiger partial charge in [-0.15, -0.1) is 11.3 Å². The highest BCUT2D eigenvalue weighted by Crippen LogP contribution is 2.37. The number of fused-ring (bicyclic) bond motifs is 1. The summed E-state index contributed by atoms with van der Waals surface area (Å²) >= 11 is 1.64. The summed E-state index contributed by atoms with van der Waals surface area (Å²) in [6.07, 6.45) is 0. The number of nitrogens with zero attached hydrogens (tertiary/aromatic N) is 3. The normalized spacial score (nSPS) is 14.4. The van der Waals surface area contributed by atoms with E-state index in [0.29, 0.717) is 25.7 Å². The predicted octanol–water partition coefficient (Wildman–Crippen LogP) is 4.19. The van der Waals surface area contributed by atoms with Crippen LogP contribution in [0.4, 0.5) is 5.69 Å². The van der Waals surface area contributed by atoms with Crippen LogP contribution in [0.1, 0.15) is 57.7 Å². The lowest BCUT2D eigenvalue weighted by Crippen LogP contribution is -2.48. The molecule has 0 atom stereocenters. The molecule has 0 radical (unpaired) electrons. The highest BCUT2D eigenvalue weighted by molar-refractivity contribution is 7.15. The van der Waals surface area contributed by atoms with E-state index in [9.17, 15) is 9.90 Å². The second-order valence-electron chi connectivity index (χ2n) is 9.90. The number of aromatic nitrogens is 1. The Hall–Kier alpha value is -2.00. The zero-order valence-corrected chi connectivity index (χ0v) is 21.3. The maximum atomic E-state index is 12.6. The van der Waals surface area contributed by atoms with E-state index in [1.807, 2.05) is 44.9 Å². The van der Waals surface area contributed by atoms with Crippen LogP contribution in [-0.2, 0) is 22.7 Å². The molecule has 0 unspecified atom stereocenters. The van der Waals surface area contributed by atoms with Gasteiger partial charge < -0.3 is 10.0 Å². The molecule has 0 spiro atoms. The maximum absolute atomic E-state index is 12.6. The van der Waals surface area contributed by atoms with Gasteiger partial charge in [0.25, 0.3) is 0 Å². The summed E-state index contributed by atoms with van der Waals surface area (Å²) in [6, 6.07) is 6.31. The zero-order chi connectivity index (χ0) is 23.8. The third-order valence-electron chi connectivity index (χ3n) is 6.53. The van der Waals surface area contributed by atoms with Crippen LogP contribution in [0.25, 0.3) is 10.6 Å². The molecule has 1 aliphatic heterocycles. The Balaban J connectivity index is 1.72. The zero-order valence-electron chi connectivity index (χ0n) is 20.4. The third kappa shape index (κ3) is 5.14. The molecule has 2 heterocycles. The fourth-order valence-electron chi connectivity index (χ4n) is 3.11. The number of hydrogen-bond acceptors (Lipinski definition) is 7. The van der Waals surface area contributed by atoms with Gasteiger partial charge >= 0.3 is 0 Å². The van der Waals surface area contributed by atoms with E-state index in [-0.39, 0.29) is 5.91 Å². The van der Waals surface area contributed by atoms with Crippen molar-refractivity contribution in [1.82, 2.24) is 14.8 Å². The van der Waals surface area contributed by atoms with Crippen molar-refractivity contribution in [2.75, 3.05) is 19.1 Å². The molecule has 2 N–H and O–H groups in total. The standard InChI is InChI=1S/C24H36N4O3S/c1-15(2)27(8)14-21(29)28-12-19-20(13-28)32-22(25-19)17-10-9-11-18(16(17)3)26-31-24(6,7)23(4,5)30/h9-11,15,26,30H,12-14H2,1-8H3. The highest BCUT2D eigenvalue weighted by Gasteiger charge is 2.37. The lowest BCUT2D eigenvalue weighted by molar-refractivity contribution is -0.133. The summed E-state index contributed by atoms with van der Waals surface area (Å²) in [5.74, 6) is 0.141. The monoisotopic (exact) mass is 460 g/mol. The minimum atomic E-state index is -1.01. The topological polar surface area (TPSA) is 77.9 Å². The molecule has 176 valence electrons. The maximum Gasteiger partial charge on any atom is 0.237 e. The number of likely N-dealkylation sites (N-methyl/N-ethyl adjacent to an activating group) is 1. The lowest BCUT2D eigenvalue weighted by atomic mass is 9.90. The molecule has 0 fully saturated rings. The summed E-state index contributed by atoms with van der Waals surface area (Å²) in [6.45, 7) is 15.0. The summed E-state index contributed by atoms with van der Waals surface area (Å²) in [5.41, 5.74) is 5.13. The van der Waals surface area contributed by atoms with E-state index in [1.54, 1.807) is 25.2 Å². The minimum Gasteiger partial charge on any atom is -0.387 e. The van der Waals surface area contributed by atoms with E-state index in [2.05, 4.69) is 30.3 Å². The fraction of sp³-hybridized carbons (Fsp3) is 0.583. The van der Waals surface area contributed by atoms with E-state index in [0.717, 1.165) is 32.4 Å². The van der Waals surface area contributed by atoms with Crippen LogP contribution in [-0.4, -0.2) is 56.6 Å². The van der Waals surface area contributed by atoms with Crippen LogP contribution >= 0.6 is 11.3 Å². The second-order valence-corrected chi connectivity index (χ2v) is 11.0. The molecule has 0 aliphatic carbocycles. The van der Waals surface area contributed by atoms with Gasteiger partial charge in [0.2, 0.25) is 5.91 Å². The van der Waals surface area contributed by atoms with Crippen molar-refractivity contribution >= 4 is 22.9 Å². The van der Waals surface area contributed by atoms with Crippen molar-refractivity contribution in [2.24, 2.45) is 0 Å². The van der Waals surface area contributed by atoms with Gasteiger partial charge in [-0.25, -0.2) is 4.98 Å². The van der Waals surface area contributed by atoms with Crippen LogP contribution in [0.2, 0.25) is 0 Å². The number of carbonyl (C=O) groups is 1. The third-order valence-corrected chi connectivity index (χ3v) is 7.64. The van der Waals surface area contributed by atoms with Gasteiger partial charge in [0.05, 0.1) is 36.6 Å². The largest absolute Gasteiger partial charge is 0.387 e. The van der Waals surface area contributed by atoms with Crippen LogP contribution in [0.15, 0.2) is 18.2 Å². The fourth-order valence-corrected chi connectivity index (χ4v) is 4.28. The SMILES string of the molecule is Cc1c(NOC(C)(C)C(C)(C)O)cccc1-c1nc2c(s1)CN(C(=O)CN(C)C(C)C)C2. The molecule has 32 heavy (non-hydrogen) atoms. The number of aliphatic hydroxyl groups is 1. The van der Waals surface area contributed by atoms with Gasteiger partial charge in [0.1, 0.15) is 10.6 Å². The number of hydrogen-bond donors (Lipinski definition) is 2. The molecule has 0 saturated heterocycles. The van der Waals surface area contributed by atoms with Crippen LogP contribution < -0.4 is 5.48 Å². The smallest absolute Gasteiger partial charge is 0.237 e. The molecular formula is C24H36N4O3S. The number of amides is 1. The van der Waals surface area contributed by atoms with Gasteiger partial charge in [0.15, 0.2) is 0 Å². The van der Waals surface area contributed by atoms with E-state index in [4.69, 9.17) is 9.82 Å². The molecule has 1 aliphatic rings. The van der Waals surface area contributed by atoms with Crippen molar-refractivity contribution in [3.63, 3.8) is 0 Å². The number of rotatable bonds is 8. The molecule has 1 aromatic heterocycles. The highest BCUT2D eigenvalue weighted by atomic mass is 32.1. The average molecular weight is 461 g/mol. The Kier molecular flexibility index (Phi) is 7.00. The summed E-state index contributed by atoms with van der Waals surface area (Å²) in [4.78, 5) is 28.4. The first kappa shape index (κ1) is 24.6. The number of carbonyl (C=O) groups excluding carboxylic acids is 1. The van der Waals surface area contributed by atoms with E-state index in [1.165, 1.54) is 0 Å². The van der Waals surface area contributed by atoms with Gasteiger partial charge in [-0.2, -0.15) is 0 Å². The van der Waals surface area contributed by atoms with Crippen LogP contribution in [0, 0.1) is 6.92 Å². The predicted molar refractivity (Wildman–Crippen MR) is 129 cm³/mol. The molecule has 1 aromatic carbocycles. The molecular weight excluding hydrogens is 424 g/mol. The quantitative estimate of drug-likeness (QED) is 0.575. The van der Waals surface area contributed by atoms with E-state index >= 15 is 0 Å². The lowest BCUT2D eigenvalue weighted by Gasteiger charge is -2.36. The molecule has 0 saturated carbocycles. The molecule has 8 heteroatoms. The second kappa shape index (κ2) is 9.09. The Morgan fingerprint density at radius 3 is 2.59 bits per heavy atom. The van der Waals surface area contributed by atoms with Crippen molar-refractivity contribution in [3.8, 4) is 10.6 Å². The Morgan fingerprint density at radius 1 is 1.31 bits per heavy atom. The van der Waals surface area contributed by atoms with Crippen LogP contribution in [0.3, 0.4) is 0 Å². The number of nitrogens with one attached hydrogen (secondary N) is 1. The minimum absolute atomic E-state index is 0.141. The first-order chi connectivity index (χ1) is 14.8. The summed E-state index contributed by atoms with van der Waals surface area (Å²) in [5, 5.41) is 11.3.